The van der Waals surface area contributed by atoms with Gasteiger partial charge in [0.05, 0.1) is 6.61 Å². The van der Waals surface area contributed by atoms with E-state index in [1.807, 2.05) is 0 Å². The Morgan fingerprint density at radius 2 is 2.36 bits per heavy atom. The van der Waals surface area contributed by atoms with Crippen molar-refractivity contribution in [2.45, 2.75) is 38.6 Å². The van der Waals surface area contributed by atoms with Gasteiger partial charge in [0.2, 0.25) is 0 Å². The highest BCUT2D eigenvalue weighted by molar-refractivity contribution is 4.88. The van der Waals surface area contributed by atoms with E-state index >= 15 is 0 Å². The van der Waals surface area contributed by atoms with Gasteiger partial charge in [-0.05, 0) is 18.8 Å². The fourth-order valence-corrected chi connectivity index (χ4v) is 1.62. The molecule has 0 saturated carbocycles. The van der Waals surface area contributed by atoms with Crippen LogP contribution in [0.1, 0.15) is 33.1 Å². The van der Waals surface area contributed by atoms with E-state index in [9.17, 15) is 0 Å². The van der Waals surface area contributed by atoms with Crippen LogP contribution in [0.2, 0.25) is 0 Å². The van der Waals surface area contributed by atoms with Crippen molar-refractivity contribution in [2.75, 3.05) is 13.2 Å². The number of nitrogens with two attached hydrogens (primary N) is 1. The molecule has 1 aliphatic heterocycles. The number of ether oxygens (including phenoxy) is 1. The monoisotopic (exact) mass is 157 g/mol. The summed E-state index contributed by atoms with van der Waals surface area (Å²) in [5.41, 5.74) is 6.11. The third kappa shape index (κ3) is 2.46. The van der Waals surface area contributed by atoms with Crippen LogP contribution in [-0.2, 0) is 4.74 Å². The molecule has 2 heteroatoms. The Bertz CT molecular complexity index is 119. The summed E-state index contributed by atoms with van der Waals surface area (Å²) < 4.78 is 5.28. The van der Waals surface area contributed by atoms with Crippen molar-refractivity contribution in [3.8, 4) is 0 Å². The summed E-state index contributed by atoms with van der Waals surface area (Å²) in [6.45, 7) is 6.08. The molecule has 0 aliphatic carbocycles. The molecule has 66 valence electrons. The van der Waals surface area contributed by atoms with Crippen molar-refractivity contribution in [2.24, 2.45) is 11.7 Å². The lowest BCUT2D eigenvalue weighted by Gasteiger charge is -2.24. The van der Waals surface area contributed by atoms with Crippen LogP contribution in [0.3, 0.4) is 0 Å². The summed E-state index contributed by atoms with van der Waals surface area (Å²) in [5.74, 6) is 0.738. The second-order valence-corrected chi connectivity index (χ2v) is 3.88. The second kappa shape index (κ2) is 3.55. The van der Waals surface area contributed by atoms with Gasteiger partial charge >= 0.3 is 0 Å². The van der Waals surface area contributed by atoms with E-state index in [2.05, 4.69) is 13.8 Å². The van der Waals surface area contributed by atoms with Crippen LogP contribution in [0.5, 0.6) is 0 Å². The van der Waals surface area contributed by atoms with Gasteiger partial charge in [-0.25, -0.2) is 0 Å². The van der Waals surface area contributed by atoms with Gasteiger partial charge in [-0.2, -0.15) is 0 Å². The van der Waals surface area contributed by atoms with Gasteiger partial charge in [0.1, 0.15) is 0 Å². The summed E-state index contributed by atoms with van der Waals surface area (Å²) in [6, 6.07) is 0. The van der Waals surface area contributed by atoms with Gasteiger partial charge in [-0.3, -0.25) is 0 Å². The van der Waals surface area contributed by atoms with Crippen molar-refractivity contribution in [3.63, 3.8) is 0 Å². The summed E-state index contributed by atoms with van der Waals surface area (Å²) in [5, 5.41) is 0. The third-order valence-corrected chi connectivity index (χ3v) is 2.59. The Morgan fingerprint density at radius 3 is 2.82 bits per heavy atom. The van der Waals surface area contributed by atoms with E-state index in [1.54, 1.807) is 0 Å². The van der Waals surface area contributed by atoms with Gasteiger partial charge in [0, 0.05) is 12.1 Å². The minimum absolute atomic E-state index is 0.00454. The maximum absolute atomic E-state index is 6.11. The Kier molecular flexibility index (Phi) is 2.90. The molecule has 1 aliphatic rings. The van der Waals surface area contributed by atoms with Crippen LogP contribution in [-0.4, -0.2) is 18.8 Å². The summed E-state index contributed by atoms with van der Waals surface area (Å²) >= 11 is 0. The van der Waals surface area contributed by atoms with E-state index < -0.39 is 0 Å². The van der Waals surface area contributed by atoms with Crippen molar-refractivity contribution >= 4 is 0 Å². The zero-order chi connectivity index (χ0) is 8.32. The molecule has 1 fully saturated rings. The molecule has 2 N–H and O–H groups in total. The first-order valence-corrected chi connectivity index (χ1v) is 4.53. The van der Waals surface area contributed by atoms with Crippen molar-refractivity contribution < 1.29 is 4.74 Å². The molecule has 1 rings (SSSR count). The standard InChI is InChI=1S/C9H19NO/c1-3-8(2)6-9(10)4-5-11-7-9/h8H,3-7,10H2,1-2H3. The van der Waals surface area contributed by atoms with Gasteiger partial charge in [0.25, 0.3) is 0 Å². The highest BCUT2D eigenvalue weighted by Gasteiger charge is 2.31. The number of rotatable bonds is 3. The van der Waals surface area contributed by atoms with Gasteiger partial charge in [-0.15, -0.1) is 0 Å². The van der Waals surface area contributed by atoms with Crippen LogP contribution in [0.4, 0.5) is 0 Å². The first-order valence-electron chi connectivity index (χ1n) is 4.53. The largest absolute Gasteiger partial charge is 0.379 e. The van der Waals surface area contributed by atoms with Gasteiger partial charge in [-0.1, -0.05) is 20.3 Å². The van der Waals surface area contributed by atoms with Gasteiger partial charge < -0.3 is 10.5 Å². The number of hydrogen-bond donors (Lipinski definition) is 1. The summed E-state index contributed by atoms with van der Waals surface area (Å²) in [7, 11) is 0. The molecule has 0 bridgehead atoms. The predicted molar refractivity (Wildman–Crippen MR) is 46.4 cm³/mol. The van der Waals surface area contributed by atoms with Crippen LogP contribution >= 0.6 is 0 Å². The average Bonchev–Trinajstić information content (AvgIpc) is 2.36. The predicted octanol–water partition coefficient (Wildman–Crippen LogP) is 1.54. The molecular formula is C9H19NO. The fraction of sp³-hybridized carbons (Fsp3) is 1.00. The molecule has 0 radical (unpaired) electrons. The molecule has 2 unspecified atom stereocenters. The lowest BCUT2D eigenvalue weighted by Crippen LogP contribution is -2.41. The van der Waals surface area contributed by atoms with Crippen molar-refractivity contribution in [3.05, 3.63) is 0 Å². The Balaban J connectivity index is 2.33. The zero-order valence-corrected chi connectivity index (χ0v) is 7.60. The van der Waals surface area contributed by atoms with Crippen LogP contribution in [0, 0.1) is 5.92 Å². The van der Waals surface area contributed by atoms with E-state index in [0.717, 1.165) is 32.0 Å². The SMILES string of the molecule is CCC(C)CC1(N)CCOC1. The van der Waals surface area contributed by atoms with Crippen LogP contribution in [0.25, 0.3) is 0 Å². The minimum Gasteiger partial charge on any atom is -0.379 e. The molecule has 2 nitrogen and oxygen atoms in total. The topological polar surface area (TPSA) is 35.2 Å². The highest BCUT2D eigenvalue weighted by Crippen LogP contribution is 2.24. The molecule has 0 amide bonds. The van der Waals surface area contributed by atoms with Crippen LogP contribution in [0.15, 0.2) is 0 Å². The van der Waals surface area contributed by atoms with Gasteiger partial charge in [0.15, 0.2) is 0 Å². The van der Waals surface area contributed by atoms with E-state index in [4.69, 9.17) is 10.5 Å². The van der Waals surface area contributed by atoms with E-state index in [1.165, 1.54) is 6.42 Å². The minimum atomic E-state index is -0.00454. The Hall–Kier alpha value is -0.0800. The summed E-state index contributed by atoms with van der Waals surface area (Å²) in [4.78, 5) is 0. The fourth-order valence-electron chi connectivity index (χ4n) is 1.62. The average molecular weight is 157 g/mol. The maximum Gasteiger partial charge on any atom is 0.0647 e. The quantitative estimate of drug-likeness (QED) is 0.674. The zero-order valence-electron chi connectivity index (χ0n) is 7.60. The molecule has 0 aromatic heterocycles. The Morgan fingerprint density at radius 1 is 1.64 bits per heavy atom. The second-order valence-electron chi connectivity index (χ2n) is 3.88. The van der Waals surface area contributed by atoms with Crippen molar-refractivity contribution in [1.82, 2.24) is 0 Å². The summed E-state index contributed by atoms with van der Waals surface area (Å²) in [6.07, 6.45) is 3.37. The smallest absolute Gasteiger partial charge is 0.0647 e. The Labute approximate surface area is 69.1 Å². The van der Waals surface area contributed by atoms with E-state index in [-0.39, 0.29) is 5.54 Å². The highest BCUT2D eigenvalue weighted by atomic mass is 16.5. The first-order chi connectivity index (χ1) is 5.16. The first kappa shape index (κ1) is 9.01. The maximum atomic E-state index is 6.11. The van der Waals surface area contributed by atoms with Crippen molar-refractivity contribution in [1.29, 1.82) is 0 Å². The third-order valence-electron chi connectivity index (χ3n) is 2.59. The molecular weight excluding hydrogens is 138 g/mol. The number of hydrogen-bond acceptors (Lipinski definition) is 2. The molecule has 0 spiro atoms. The molecule has 1 heterocycles. The molecule has 0 aromatic carbocycles. The van der Waals surface area contributed by atoms with Crippen LogP contribution < -0.4 is 5.73 Å². The lowest BCUT2D eigenvalue weighted by atomic mass is 9.87. The molecule has 0 aromatic rings. The lowest BCUT2D eigenvalue weighted by molar-refractivity contribution is 0.170. The molecule has 2 atom stereocenters. The molecule has 1 saturated heterocycles. The normalized spacial score (nSPS) is 34.1. The molecule has 11 heavy (non-hydrogen) atoms. The van der Waals surface area contributed by atoms with E-state index in [0.29, 0.717) is 0 Å².